The molecule has 4 rings (SSSR count). The van der Waals surface area contributed by atoms with Crippen molar-refractivity contribution < 1.29 is 18.7 Å². The van der Waals surface area contributed by atoms with Gasteiger partial charge in [-0.25, -0.2) is 0 Å². The van der Waals surface area contributed by atoms with Crippen LogP contribution in [-0.2, 0) is 0 Å². The Labute approximate surface area is 207 Å². The van der Waals surface area contributed by atoms with E-state index in [1.165, 1.54) is 0 Å². The SMILES string of the molecule is CCN(CC)CCCN1C(=O)c2oc3ccc(Br)cc3c(=O)c2C1c1ccc(OC)c(OC)c1. The van der Waals surface area contributed by atoms with Gasteiger partial charge >= 0.3 is 0 Å². The monoisotopic (exact) mass is 528 g/mol. The third-order valence-corrected chi connectivity index (χ3v) is 6.91. The Morgan fingerprint density at radius 2 is 1.76 bits per heavy atom. The summed E-state index contributed by atoms with van der Waals surface area (Å²) in [6.45, 7) is 7.51. The molecule has 7 nitrogen and oxygen atoms in total. The minimum absolute atomic E-state index is 0.113. The number of amides is 1. The average molecular weight is 529 g/mol. The second-order valence-corrected chi connectivity index (χ2v) is 9.13. The molecule has 3 aromatic rings. The zero-order valence-corrected chi connectivity index (χ0v) is 21.5. The lowest BCUT2D eigenvalue weighted by molar-refractivity contribution is 0.0720. The van der Waals surface area contributed by atoms with Crippen LogP contribution in [0.25, 0.3) is 11.0 Å². The van der Waals surface area contributed by atoms with E-state index in [1.807, 2.05) is 12.1 Å². The van der Waals surface area contributed by atoms with E-state index in [4.69, 9.17) is 13.9 Å². The summed E-state index contributed by atoms with van der Waals surface area (Å²) in [6, 6.07) is 10.2. The van der Waals surface area contributed by atoms with E-state index < -0.39 is 6.04 Å². The van der Waals surface area contributed by atoms with Gasteiger partial charge in [0.2, 0.25) is 5.76 Å². The Bertz CT molecular complexity index is 1270. The average Bonchev–Trinajstić information content (AvgIpc) is 3.13. The predicted molar refractivity (Wildman–Crippen MR) is 135 cm³/mol. The predicted octanol–water partition coefficient (Wildman–Crippen LogP) is 4.85. The molecule has 0 saturated carbocycles. The van der Waals surface area contributed by atoms with Gasteiger partial charge in [0.15, 0.2) is 16.9 Å². The van der Waals surface area contributed by atoms with Crippen LogP contribution in [0.15, 0.2) is 50.1 Å². The van der Waals surface area contributed by atoms with E-state index in [1.54, 1.807) is 43.4 Å². The summed E-state index contributed by atoms with van der Waals surface area (Å²) in [5, 5.41) is 0.441. The van der Waals surface area contributed by atoms with Crippen LogP contribution >= 0.6 is 15.9 Å². The topological polar surface area (TPSA) is 72.2 Å². The molecule has 1 atom stereocenters. The Morgan fingerprint density at radius 3 is 2.44 bits per heavy atom. The number of methoxy groups -OCH3 is 2. The number of carbonyl (C=O) groups excluding carboxylic acids is 1. The maximum Gasteiger partial charge on any atom is 0.290 e. The number of nitrogens with zero attached hydrogens (tertiary/aromatic N) is 2. The smallest absolute Gasteiger partial charge is 0.290 e. The highest BCUT2D eigenvalue weighted by Crippen LogP contribution is 2.41. The molecule has 2 aromatic carbocycles. The van der Waals surface area contributed by atoms with Crippen LogP contribution in [0.2, 0.25) is 0 Å². The van der Waals surface area contributed by atoms with E-state index in [2.05, 4.69) is 34.7 Å². The van der Waals surface area contributed by atoms with Crippen LogP contribution in [0.5, 0.6) is 11.5 Å². The highest BCUT2D eigenvalue weighted by molar-refractivity contribution is 9.10. The van der Waals surface area contributed by atoms with E-state index in [0.29, 0.717) is 34.6 Å². The summed E-state index contributed by atoms with van der Waals surface area (Å²) < 4.78 is 17.7. The minimum Gasteiger partial charge on any atom is -0.493 e. The van der Waals surface area contributed by atoms with E-state index >= 15 is 0 Å². The number of carbonyl (C=O) groups is 1. The minimum atomic E-state index is -0.571. The van der Waals surface area contributed by atoms with Gasteiger partial charge in [0.1, 0.15) is 5.58 Å². The Balaban J connectivity index is 1.84. The van der Waals surface area contributed by atoms with Gasteiger partial charge < -0.3 is 23.7 Å². The number of benzene rings is 2. The van der Waals surface area contributed by atoms with Gasteiger partial charge in [0, 0.05) is 11.0 Å². The Morgan fingerprint density at radius 1 is 1.03 bits per heavy atom. The van der Waals surface area contributed by atoms with Crippen LogP contribution in [0.4, 0.5) is 0 Å². The summed E-state index contributed by atoms with van der Waals surface area (Å²) in [5.41, 5.74) is 1.34. The fourth-order valence-electron chi connectivity index (χ4n) is 4.60. The van der Waals surface area contributed by atoms with Gasteiger partial charge in [-0.1, -0.05) is 35.8 Å². The quantitative estimate of drug-likeness (QED) is 0.395. The van der Waals surface area contributed by atoms with Crippen molar-refractivity contribution in [2.75, 3.05) is 40.4 Å². The van der Waals surface area contributed by atoms with Crippen molar-refractivity contribution in [3.8, 4) is 11.5 Å². The van der Waals surface area contributed by atoms with Gasteiger partial charge in [0.05, 0.1) is 31.2 Å². The largest absolute Gasteiger partial charge is 0.493 e. The molecule has 0 radical (unpaired) electrons. The Hall–Kier alpha value is -2.84. The molecule has 0 aliphatic carbocycles. The second kappa shape index (κ2) is 10.2. The van der Waals surface area contributed by atoms with Crippen LogP contribution < -0.4 is 14.9 Å². The summed E-state index contributed by atoms with van der Waals surface area (Å²) in [4.78, 5) is 31.3. The molecule has 1 aromatic heterocycles. The third kappa shape index (κ3) is 4.32. The standard InChI is InChI=1S/C26H29BrN2O5/c1-5-28(6-2)12-7-13-29-23(16-8-10-20(32-3)21(14-16)33-4)22-24(30)18-15-17(27)9-11-19(18)34-25(22)26(29)31/h8-11,14-15,23H,5-7,12-13H2,1-4H3. The molecule has 0 fully saturated rings. The van der Waals surface area contributed by atoms with Gasteiger partial charge in [-0.3, -0.25) is 9.59 Å². The first-order valence-electron chi connectivity index (χ1n) is 11.4. The second-order valence-electron chi connectivity index (χ2n) is 8.21. The lowest BCUT2D eigenvalue weighted by Gasteiger charge is -2.27. The van der Waals surface area contributed by atoms with Gasteiger partial charge in [-0.2, -0.15) is 0 Å². The first-order chi connectivity index (χ1) is 16.4. The van der Waals surface area contributed by atoms with Gasteiger partial charge in [-0.15, -0.1) is 0 Å². The number of rotatable bonds is 9. The number of hydrogen-bond donors (Lipinski definition) is 0. The number of halogens is 1. The summed E-state index contributed by atoms with van der Waals surface area (Å²) in [5.74, 6) is 0.967. The molecule has 1 amide bonds. The molecule has 0 saturated heterocycles. The molecular formula is C26H29BrN2O5. The van der Waals surface area contributed by atoms with Crippen LogP contribution in [0.3, 0.4) is 0 Å². The zero-order valence-electron chi connectivity index (χ0n) is 19.9. The van der Waals surface area contributed by atoms with Crippen molar-refractivity contribution in [3.63, 3.8) is 0 Å². The summed E-state index contributed by atoms with van der Waals surface area (Å²) in [7, 11) is 3.14. The van der Waals surface area contributed by atoms with Gasteiger partial charge in [0.25, 0.3) is 5.91 Å². The fraction of sp³-hybridized carbons (Fsp3) is 0.385. The van der Waals surface area contributed by atoms with Crippen molar-refractivity contribution in [2.45, 2.75) is 26.3 Å². The van der Waals surface area contributed by atoms with Crippen molar-refractivity contribution in [1.29, 1.82) is 0 Å². The molecule has 0 spiro atoms. The number of hydrogen-bond acceptors (Lipinski definition) is 6. The zero-order chi connectivity index (χ0) is 24.4. The highest BCUT2D eigenvalue weighted by atomic mass is 79.9. The molecule has 180 valence electrons. The maximum absolute atomic E-state index is 13.7. The van der Waals surface area contributed by atoms with Gasteiger partial charge in [-0.05, 0) is 62.0 Å². The maximum atomic E-state index is 13.7. The van der Waals surface area contributed by atoms with E-state index in [-0.39, 0.29) is 17.1 Å². The normalized spacial score (nSPS) is 15.3. The van der Waals surface area contributed by atoms with Crippen molar-refractivity contribution in [3.05, 3.63) is 68.0 Å². The van der Waals surface area contributed by atoms with Crippen LogP contribution in [-0.4, -0.2) is 56.1 Å². The molecule has 1 unspecified atom stereocenters. The third-order valence-electron chi connectivity index (χ3n) is 6.42. The van der Waals surface area contributed by atoms with Crippen molar-refractivity contribution in [1.82, 2.24) is 9.80 Å². The molecule has 0 bridgehead atoms. The van der Waals surface area contributed by atoms with Crippen LogP contribution in [0.1, 0.15) is 48.0 Å². The summed E-state index contributed by atoms with van der Waals surface area (Å²) in [6.07, 6.45) is 0.782. The fourth-order valence-corrected chi connectivity index (χ4v) is 4.96. The molecular weight excluding hydrogens is 500 g/mol. The number of ether oxygens (including phenoxy) is 2. The molecule has 0 N–H and O–H groups in total. The van der Waals surface area contributed by atoms with Crippen molar-refractivity contribution >= 4 is 32.8 Å². The summed E-state index contributed by atoms with van der Waals surface area (Å²) >= 11 is 3.43. The highest BCUT2D eigenvalue weighted by Gasteiger charge is 2.42. The lowest BCUT2D eigenvalue weighted by atomic mass is 9.98. The Kier molecular flexibility index (Phi) is 7.28. The first-order valence-corrected chi connectivity index (χ1v) is 12.2. The molecule has 8 heteroatoms. The van der Waals surface area contributed by atoms with E-state index in [9.17, 15) is 9.59 Å². The molecule has 2 heterocycles. The van der Waals surface area contributed by atoms with Crippen molar-refractivity contribution in [2.24, 2.45) is 0 Å². The van der Waals surface area contributed by atoms with E-state index in [0.717, 1.165) is 36.1 Å². The van der Waals surface area contributed by atoms with Crippen LogP contribution in [0, 0.1) is 0 Å². The lowest BCUT2D eigenvalue weighted by Crippen LogP contribution is -2.33. The first kappa shape index (κ1) is 24.3. The molecule has 1 aliphatic rings. The molecule has 1 aliphatic heterocycles. The molecule has 34 heavy (non-hydrogen) atoms. The number of fused-ring (bicyclic) bond motifs is 2.